The van der Waals surface area contributed by atoms with Crippen LogP contribution in [0, 0.1) is 24.2 Å². The van der Waals surface area contributed by atoms with Crippen LogP contribution in [-0.4, -0.2) is 51.6 Å². The average molecular weight is 457 g/mol. The number of nitriles is 1. The smallest absolute Gasteiger partial charge is 0.320 e. The predicted molar refractivity (Wildman–Crippen MR) is 121 cm³/mol. The molecule has 4 rings (SSSR count). The van der Waals surface area contributed by atoms with Crippen molar-refractivity contribution in [1.29, 1.82) is 5.26 Å². The number of hydrogen-bond donors (Lipinski definition) is 1. The van der Waals surface area contributed by atoms with E-state index in [1.54, 1.807) is 0 Å². The largest absolute Gasteiger partial charge is 0.407 e. The first-order valence-electron chi connectivity index (χ1n) is 11.2. The number of benzene rings is 1. The average Bonchev–Trinajstić information content (AvgIpc) is 3.44. The zero-order valence-electron chi connectivity index (χ0n) is 18.6. The number of nitrogens with one attached hydrogen (secondary N) is 1. The molecule has 0 spiro atoms. The number of nitrogens with zero attached hydrogens (tertiary/aromatic N) is 5. The standard InChI is InChI=1S/C23H29ClN6O2/c1-15-13-29(9-10-30(15)22(31)17-5-3-4-6-17)14-18-11-19(24)12-20(16(18)2)26-23-28-27-21(32-23)7-8-25/h11-12,15,17H,3-7,9-10,13-14H2,1-2H3,(H,26,28)/t15-/m0/s1. The second kappa shape index (κ2) is 9.88. The van der Waals surface area contributed by atoms with Gasteiger partial charge in [0.1, 0.15) is 6.42 Å². The van der Waals surface area contributed by atoms with Gasteiger partial charge in [0.25, 0.3) is 0 Å². The summed E-state index contributed by atoms with van der Waals surface area (Å²) in [4.78, 5) is 17.3. The van der Waals surface area contributed by atoms with E-state index in [2.05, 4.69) is 32.2 Å². The Balaban J connectivity index is 1.42. The van der Waals surface area contributed by atoms with Gasteiger partial charge < -0.3 is 14.6 Å². The van der Waals surface area contributed by atoms with Gasteiger partial charge in [0.2, 0.25) is 11.8 Å². The minimum Gasteiger partial charge on any atom is -0.407 e. The van der Waals surface area contributed by atoms with E-state index in [1.807, 2.05) is 25.1 Å². The first-order valence-corrected chi connectivity index (χ1v) is 11.6. The maximum atomic E-state index is 12.9. The molecule has 170 valence electrons. The van der Waals surface area contributed by atoms with Crippen LogP contribution in [0.25, 0.3) is 0 Å². The maximum absolute atomic E-state index is 12.9. The molecule has 2 aromatic rings. The minimum atomic E-state index is 0.0713. The summed E-state index contributed by atoms with van der Waals surface area (Å²) in [7, 11) is 0. The molecule has 2 heterocycles. The fourth-order valence-electron chi connectivity index (χ4n) is 4.74. The third-order valence-corrected chi connectivity index (χ3v) is 6.73. The Morgan fingerprint density at radius 2 is 2.09 bits per heavy atom. The van der Waals surface area contributed by atoms with E-state index in [1.165, 1.54) is 12.8 Å². The van der Waals surface area contributed by atoms with Crippen molar-refractivity contribution in [3.8, 4) is 6.07 Å². The normalized spacial score (nSPS) is 19.8. The Morgan fingerprint density at radius 1 is 1.31 bits per heavy atom. The molecule has 32 heavy (non-hydrogen) atoms. The Hall–Kier alpha value is -2.63. The summed E-state index contributed by atoms with van der Waals surface area (Å²) in [6.07, 6.45) is 4.52. The lowest BCUT2D eigenvalue weighted by molar-refractivity contribution is -0.140. The summed E-state index contributed by atoms with van der Waals surface area (Å²) in [6, 6.07) is 6.24. The second-order valence-electron chi connectivity index (χ2n) is 8.80. The Bertz CT molecular complexity index is 1010. The van der Waals surface area contributed by atoms with Crippen molar-refractivity contribution in [2.24, 2.45) is 5.92 Å². The van der Waals surface area contributed by atoms with Gasteiger partial charge in [0, 0.05) is 48.8 Å². The van der Waals surface area contributed by atoms with E-state index < -0.39 is 0 Å². The number of aromatic nitrogens is 2. The molecule has 1 aliphatic carbocycles. The van der Waals surface area contributed by atoms with Crippen molar-refractivity contribution >= 4 is 29.2 Å². The van der Waals surface area contributed by atoms with Crippen molar-refractivity contribution in [3.63, 3.8) is 0 Å². The number of halogens is 1. The maximum Gasteiger partial charge on any atom is 0.320 e. The number of anilines is 2. The molecule has 0 bridgehead atoms. The van der Waals surface area contributed by atoms with Crippen LogP contribution in [0.4, 0.5) is 11.7 Å². The molecule has 2 aliphatic rings. The van der Waals surface area contributed by atoms with Crippen LogP contribution >= 0.6 is 11.6 Å². The van der Waals surface area contributed by atoms with E-state index in [4.69, 9.17) is 21.3 Å². The van der Waals surface area contributed by atoms with Crippen LogP contribution in [0.15, 0.2) is 16.5 Å². The molecule has 1 amide bonds. The molecule has 1 saturated carbocycles. The van der Waals surface area contributed by atoms with Gasteiger partial charge in [-0.15, -0.1) is 5.10 Å². The zero-order chi connectivity index (χ0) is 22.7. The van der Waals surface area contributed by atoms with Gasteiger partial charge >= 0.3 is 6.01 Å². The van der Waals surface area contributed by atoms with E-state index in [-0.39, 0.29) is 30.3 Å². The molecule has 1 saturated heterocycles. The number of rotatable bonds is 6. The number of carbonyl (C=O) groups excluding carboxylic acids is 1. The molecule has 1 aliphatic heterocycles. The fraction of sp³-hybridized carbons (Fsp3) is 0.565. The lowest BCUT2D eigenvalue weighted by atomic mass is 10.0. The quantitative estimate of drug-likeness (QED) is 0.699. The summed E-state index contributed by atoms with van der Waals surface area (Å²) < 4.78 is 5.46. The van der Waals surface area contributed by atoms with Gasteiger partial charge in [-0.05, 0) is 49.9 Å². The molecule has 1 aromatic heterocycles. The highest BCUT2D eigenvalue weighted by Gasteiger charge is 2.33. The van der Waals surface area contributed by atoms with Crippen LogP contribution < -0.4 is 5.32 Å². The third kappa shape index (κ3) is 5.05. The highest BCUT2D eigenvalue weighted by Crippen LogP contribution is 2.30. The Morgan fingerprint density at radius 3 is 2.81 bits per heavy atom. The minimum absolute atomic E-state index is 0.0713. The molecule has 0 unspecified atom stereocenters. The number of piperazine rings is 1. The van der Waals surface area contributed by atoms with Gasteiger partial charge in [-0.3, -0.25) is 9.69 Å². The van der Waals surface area contributed by atoms with Crippen molar-refractivity contribution in [1.82, 2.24) is 20.0 Å². The highest BCUT2D eigenvalue weighted by molar-refractivity contribution is 6.31. The molecular formula is C23H29ClN6O2. The zero-order valence-corrected chi connectivity index (χ0v) is 19.4. The van der Waals surface area contributed by atoms with E-state index in [0.29, 0.717) is 10.9 Å². The Labute approximate surface area is 193 Å². The molecule has 1 aromatic carbocycles. The predicted octanol–water partition coefficient (Wildman–Crippen LogP) is 4.06. The fourth-order valence-corrected chi connectivity index (χ4v) is 4.98. The van der Waals surface area contributed by atoms with Gasteiger partial charge in [-0.2, -0.15) is 5.26 Å². The van der Waals surface area contributed by atoms with Crippen LogP contribution in [0.1, 0.15) is 49.6 Å². The Kier molecular flexibility index (Phi) is 6.97. The van der Waals surface area contributed by atoms with Crippen LogP contribution in [-0.2, 0) is 17.8 Å². The lowest BCUT2D eigenvalue weighted by Gasteiger charge is -2.41. The van der Waals surface area contributed by atoms with E-state index in [0.717, 1.165) is 55.8 Å². The van der Waals surface area contributed by atoms with Gasteiger partial charge in [0.15, 0.2) is 0 Å². The van der Waals surface area contributed by atoms with Gasteiger partial charge in [0.05, 0.1) is 6.07 Å². The first-order chi connectivity index (χ1) is 15.4. The summed E-state index contributed by atoms with van der Waals surface area (Å²) in [5, 5.41) is 20.3. The molecule has 8 nitrogen and oxygen atoms in total. The molecule has 1 N–H and O–H groups in total. The summed E-state index contributed by atoms with van der Waals surface area (Å²) in [6.45, 7) is 7.38. The monoisotopic (exact) mass is 456 g/mol. The van der Waals surface area contributed by atoms with Crippen molar-refractivity contribution < 1.29 is 9.21 Å². The van der Waals surface area contributed by atoms with Crippen molar-refractivity contribution in [2.45, 2.75) is 58.5 Å². The number of carbonyl (C=O) groups is 1. The molecule has 9 heteroatoms. The molecule has 0 radical (unpaired) electrons. The lowest BCUT2D eigenvalue weighted by Crippen LogP contribution is -2.54. The van der Waals surface area contributed by atoms with Gasteiger partial charge in [-0.1, -0.05) is 29.5 Å². The van der Waals surface area contributed by atoms with E-state index >= 15 is 0 Å². The second-order valence-corrected chi connectivity index (χ2v) is 9.23. The van der Waals surface area contributed by atoms with Gasteiger partial charge in [-0.25, -0.2) is 0 Å². The number of hydrogen-bond acceptors (Lipinski definition) is 7. The summed E-state index contributed by atoms with van der Waals surface area (Å²) >= 11 is 6.41. The number of amides is 1. The van der Waals surface area contributed by atoms with Crippen molar-refractivity contribution in [3.05, 3.63) is 34.2 Å². The third-order valence-electron chi connectivity index (χ3n) is 6.51. The van der Waals surface area contributed by atoms with Crippen LogP contribution in [0.5, 0.6) is 0 Å². The first kappa shape index (κ1) is 22.6. The van der Waals surface area contributed by atoms with Crippen LogP contribution in [0.2, 0.25) is 5.02 Å². The summed E-state index contributed by atoms with van der Waals surface area (Å²) in [5.41, 5.74) is 2.95. The molecular weight excluding hydrogens is 428 g/mol. The molecule has 1 atom stereocenters. The topological polar surface area (TPSA) is 98.3 Å². The summed E-state index contributed by atoms with van der Waals surface area (Å²) in [5.74, 6) is 0.843. The van der Waals surface area contributed by atoms with E-state index in [9.17, 15) is 4.79 Å². The van der Waals surface area contributed by atoms with Crippen molar-refractivity contribution in [2.75, 3.05) is 25.0 Å². The van der Waals surface area contributed by atoms with Crippen LogP contribution in [0.3, 0.4) is 0 Å². The molecule has 2 fully saturated rings. The highest BCUT2D eigenvalue weighted by atomic mass is 35.5. The SMILES string of the molecule is Cc1c(CN2CCN(C(=O)C3CCCC3)[C@@H](C)C2)cc(Cl)cc1Nc1nnc(CC#N)o1.